The molecule has 0 bridgehead atoms. The van der Waals surface area contributed by atoms with Crippen LogP contribution < -0.4 is 0 Å². The Hall–Kier alpha value is -3.40. The van der Waals surface area contributed by atoms with Crippen LogP contribution in [-0.2, 0) is 20.9 Å². The smallest absolute Gasteiger partial charge is 0.310 e. The Labute approximate surface area is 169 Å². The minimum atomic E-state index is -0.889. The first-order valence-electron chi connectivity index (χ1n) is 9.70. The second-order valence-corrected chi connectivity index (χ2v) is 7.36. The summed E-state index contributed by atoms with van der Waals surface area (Å²) < 4.78 is 5.63. The number of hydrogen-bond donors (Lipinski definition) is 1. The van der Waals surface area contributed by atoms with E-state index in [-0.39, 0.29) is 12.6 Å². The molecule has 29 heavy (non-hydrogen) atoms. The lowest BCUT2D eigenvalue weighted by Crippen LogP contribution is -2.51. The fraction of sp³-hybridized carbons (Fsp3) is 0.200. The van der Waals surface area contributed by atoms with E-state index in [1.165, 1.54) is 0 Å². The predicted octanol–water partition coefficient (Wildman–Crippen LogP) is 4.63. The topological polar surface area (TPSA) is 63.6 Å². The molecule has 0 heterocycles. The van der Waals surface area contributed by atoms with Gasteiger partial charge in [-0.05, 0) is 16.7 Å². The first-order valence-corrected chi connectivity index (χ1v) is 9.70. The molecule has 0 aromatic heterocycles. The molecule has 2 atom stereocenters. The maximum absolute atomic E-state index is 13.1. The Morgan fingerprint density at radius 2 is 1.14 bits per heavy atom. The van der Waals surface area contributed by atoms with Gasteiger partial charge in [-0.25, -0.2) is 0 Å². The van der Waals surface area contributed by atoms with E-state index in [4.69, 9.17) is 4.74 Å². The van der Waals surface area contributed by atoms with Gasteiger partial charge in [0.15, 0.2) is 0 Å². The average molecular weight is 386 g/mol. The van der Waals surface area contributed by atoms with Crippen LogP contribution >= 0.6 is 0 Å². The third-order valence-corrected chi connectivity index (χ3v) is 5.70. The summed E-state index contributed by atoms with van der Waals surface area (Å²) in [5.74, 6) is -3.28. The van der Waals surface area contributed by atoms with Gasteiger partial charge in [0.25, 0.3) is 0 Å². The Balaban J connectivity index is 1.65. The number of benzene rings is 3. The molecule has 4 rings (SSSR count). The van der Waals surface area contributed by atoms with Gasteiger partial charge < -0.3 is 9.84 Å². The largest absolute Gasteiger partial charge is 0.481 e. The summed E-state index contributed by atoms with van der Waals surface area (Å²) in [5.41, 5.74) is 2.62. The van der Waals surface area contributed by atoms with E-state index in [2.05, 4.69) is 0 Å². The van der Waals surface area contributed by atoms with Crippen molar-refractivity contribution in [2.75, 3.05) is 0 Å². The normalized spacial score (nSPS) is 23.0. The van der Waals surface area contributed by atoms with E-state index >= 15 is 0 Å². The molecule has 0 radical (unpaired) electrons. The summed E-state index contributed by atoms with van der Waals surface area (Å²) in [4.78, 5) is 25.3. The van der Waals surface area contributed by atoms with Crippen molar-refractivity contribution in [3.8, 4) is 0 Å². The highest BCUT2D eigenvalue weighted by atomic mass is 16.5. The number of carbonyl (C=O) groups is 2. The summed E-state index contributed by atoms with van der Waals surface area (Å²) in [6, 6.07) is 28.3. The Kier molecular flexibility index (Phi) is 5.43. The van der Waals surface area contributed by atoms with Crippen molar-refractivity contribution in [1.29, 1.82) is 0 Å². The highest BCUT2D eigenvalue weighted by Gasteiger charge is 2.59. The molecule has 0 spiro atoms. The maximum atomic E-state index is 13.1. The Bertz CT molecular complexity index is 922. The second kappa shape index (κ2) is 8.31. The van der Waals surface area contributed by atoms with Crippen LogP contribution in [0.3, 0.4) is 0 Å². The van der Waals surface area contributed by atoms with Crippen LogP contribution in [0.25, 0.3) is 0 Å². The molecule has 0 amide bonds. The van der Waals surface area contributed by atoms with Crippen LogP contribution in [0, 0.1) is 11.8 Å². The summed E-state index contributed by atoms with van der Waals surface area (Å²) in [6.45, 7) is 0.178. The number of aliphatic carboxylic acids is 1. The van der Waals surface area contributed by atoms with E-state index in [9.17, 15) is 14.7 Å². The Morgan fingerprint density at radius 3 is 1.59 bits per heavy atom. The number of rotatable bonds is 6. The molecule has 0 saturated heterocycles. The minimum Gasteiger partial charge on any atom is -0.481 e. The second-order valence-electron chi connectivity index (χ2n) is 7.36. The molecule has 1 N–H and O–H groups in total. The van der Waals surface area contributed by atoms with Crippen molar-refractivity contribution in [2.24, 2.45) is 11.8 Å². The van der Waals surface area contributed by atoms with Crippen molar-refractivity contribution in [3.63, 3.8) is 0 Å². The van der Waals surface area contributed by atoms with Crippen LogP contribution in [0.4, 0.5) is 0 Å². The van der Waals surface area contributed by atoms with Crippen LogP contribution in [-0.4, -0.2) is 17.0 Å². The average Bonchev–Trinajstić information content (AvgIpc) is 2.73. The first-order chi connectivity index (χ1) is 14.2. The van der Waals surface area contributed by atoms with Gasteiger partial charge in [-0.15, -0.1) is 0 Å². The van der Waals surface area contributed by atoms with Crippen LogP contribution in [0.2, 0.25) is 0 Å². The van der Waals surface area contributed by atoms with Gasteiger partial charge in [0.05, 0.1) is 11.8 Å². The monoisotopic (exact) mass is 386 g/mol. The molecule has 1 saturated carbocycles. The van der Waals surface area contributed by atoms with Gasteiger partial charge in [0.2, 0.25) is 0 Å². The number of esters is 1. The van der Waals surface area contributed by atoms with Crippen molar-refractivity contribution < 1.29 is 19.4 Å². The zero-order valence-corrected chi connectivity index (χ0v) is 15.8. The predicted molar refractivity (Wildman–Crippen MR) is 109 cm³/mol. The standard InChI is InChI=1S/C25H22O4/c26-24(27)22-20(18-12-6-2-7-13-18)23(21(22)19-14-8-3-9-15-19)25(28)29-16-17-10-4-1-5-11-17/h1-15,20-23H,16H2,(H,26,27)/t20-,21-,22?,23?/m0/s1. The summed E-state index contributed by atoms with van der Waals surface area (Å²) in [5, 5.41) is 9.95. The number of carboxylic acids is 1. The highest BCUT2D eigenvalue weighted by Crippen LogP contribution is 2.58. The number of ether oxygens (including phenoxy) is 1. The van der Waals surface area contributed by atoms with Gasteiger partial charge in [0, 0.05) is 11.8 Å². The van der Waals surface area contributed by atoms with Gasteiger partial charge in [-0.3, -0.25) is 9.59 Å². The number of hydrogen-bond acceptors (Lipinski definition) is 3. The Morgan fingerprint density at radius 1 is 0.690 bits per heavy atom. The lowest BCUT2D eigenvalue weighted by molar-refractivity contribution is -0.165. The van der Waals surface area contributed by atoms with Gasteiger partial charge in [-0.1, -0.05) is 91.0 Å². The van der Waals surface area contributed by atoms with Crippen molar-refractivity contribution in [1.82, 2.24) is 0 Å². The van der Waals surface area contributed by atoms with Crippen molar-refractivity contribution in [3.05, 3.63) is 108 Å². The quantitative estimate of drug-likeness (QED) is 0.628. The molecule has 0 unspecified atom stereocenters. The molecule has 1 aliphatic carbocycles. The van der Waals surface area contributed by atoms with E-state index in [1.54, 1.807) is 0 Å². The summed E-state index contributed by atoms with van der Waals surface area (Å²) in [6.07, 6.45) is 0. The molecule has 3 aromatic carbocycles. The molecule has 146 valence electrons. The molecule has 4 nitrogen and oxygen atoms in total. The van der Waals surface area contributed by atoms with Crippen LogP contribution in [0.15, 0.2) is 91.0 Å². The minimum absolute atomic E-state index is 0.178. The number of carbonyl (C=O) groups excluding carboxylic acids is 1. The zero-order chi connectivity index (χ0) is 20.2. The third kappa shape index (κ3) is 3.79. The molecular formula is C25H22O4. The van der Waals surface area contributed by atoms with Gasteiger partial charge in [0.1, 0.15) is 6.61 Å². The van der Waals surface area contributed by atoms with Crippen LogP contribution in [0.1, 0.15) is 28.5 Å². The fourth-order valence-corrected chi connectivity index (χ4v) is 4.35. The van der Waals surface area contributed by atoms with E-state index in [0.717, 1.165) is 16.7 Å². The summed E-state index contributed by atoms with van der Waals surface area (Å²) in [7, 11) is 0. The molecule has 4 heteroatoms. The zero-order valence-electron chi connectivity index (χ0n) is 15.8. The first kappa shape index (κ1) is 18.9. The van der Waals surface area contributed by atoms with Gasteiger partial charge >= 0.3 is 11.9 Å². The number of carboxylic acid groups (broad SMARTS) is 1. The van der Waals surface area contributed by atoms with E-state index in [0.29, 0.717) is 0 Å². The molecule has 1 fully saturated rings. The SMILES string of the molecule is O=C(O)C1[C@H](c2ccccc2)C(C(=O)OCc2ccccc2)[C@H]1c1ccccc1. The third-order valence-electron chi connectivity index (χ3n) is 5.70. The lowest BCUT2D eigenvalue weighted by Gasteiger charge is -2.49. The van der Waals surface area contributed by atoms with Crippen LogP contribution in [0.5, 0.6) is 0 Å². The van der Waals surface area contributed by atoms with Gasteiger partial charge in [-0.2, -0.15) is 0 Å². The molecule has 1 aliphatic rings. The van der Waals surface area contributed by atoms with E-state index in [1.807, 2.05) is 91.0 Å². The maximum Gasteiger partial charge on any atom is 0.310 e. The fourth-order valence-electron chi connectivity index (χ4n) is 4.35. The molecule has 3 aromatic rings. The van der Waals surface area contributed by atoms with E-state index < -0.39 is 29.6 Å². The van der Waals surface area contributed by atoms with Crippen molar-refractivity contribution in [2.45, 2.75) is 18.4 Å². The highest BCUT2D eigenvalue weighted by molar-refractivity contribution is 5.84. The molecular weight excluding hydrogens is 364 g/mol. The summed E-state index contributed by atoms with van der Waals surface area (Å²) >= 11 is 0. The van der Waals surface area contributed by atoms with Crippen molar-refractivity contribution >= 4 is 11.9 Å². The lowest BCUT2D eigenvalue weighted by atomic mass is 9.52. The molecule has 0 aliphatic heterocycles.